The monoisotopic (exact) mass is 335 g/mol. The normalized spacial score (nSPS) is 15.2. The van der Waals surface area contributed by atoms with Crippen LogP contribution in [0, 0.1) is 24.2 Å². The largest absolute Gasteiger partial charge is 0.327 e. The summed E-state index contributed by atoms with van der Waals surface area (Å²) in [6.45, 7) is 2.03. The van der Waals surface area contributed by atoms with Crippen LogP contribution in [-0.4, -0.2) is 19.7 Å². The van der Waals surface area contributed by atoms with Gasteiger partial charge in [0.2, 0.25) is 0 Å². The van der Waals surface area contributed by atoms with Gasteiger partial charge in [-0.1, -0.05) is 29.8 Å². The number of rotatable bonds is 4. The molecule has 2 aromatic heterocycles. The summed E-state index contributed by atoms with van der Waals surface area (Å²) in [5, 5.41) is 13.9. The molecule has 2 N–H and O–H groups in total. The van der Waals surface area contributed by atoms with E-state index in [4.69, 9.17) is 5.26 Å². The predicted molar refractivity (Wildman–Crippen MR) is 92.3 cm³/mol. The summed E-state index contributed by atoms with van der Waals surface area (Å²) < 4.78 is 1.72. The molecule has 0 spiro atoms. The maximum atomic E-state index is 12.3. The number of nitrogens with zero attached hydrogens (tertiary/aromatic N) is 3. The number of aromatic nitrogens is 4. The van der Waals surface area contributed by atoms with E-state index in [2.05, 4.69) is 27.2 Å². The van der Waals surface area contributed by atoms with Crippen molar-refractivity contribution in [3.8, 4) is 6.07 Å². The highest BCUT2D eigenvalue weighted by molar-refractivity contribution is 5.77. The smallest absolute Gasteiger partial charge is 0.291 e. The number of fused-ring (bicyclic) bond motifs is 1. The van der Waals surface area contributed by atoms with Crippen LogP contribution < -0.4 is 11.2 Å². The molecule has 0 unspecified atom stereocenters. The molecule has 1 fully saturated rings. The maximum absolute atomic E-state index is 12.3. The van der Waals surface area contributed by atoms with Crippen LogP contribution in [0.1, 0.15) is 35.7 Å². The molecule has 1 saturated carbocycles. The van der Waals surface area contributed by atoms with E-state index in [0.717, 1.165) is 18.4 Å². The Morgan fingerprint density at radius 1 is 1.28 bits per heavy atom. The molecule has 25 heavy (non-hydrogen) atoms. The van der Waals surface area contributed by atoms with Gasteiger partial charge in [0.15, 0.2) is 0 Å². The molecule has 0 bridgehead atoms. The van der Waals surface area contributed by atoms with E-state index >= 15 is 0 Å². The molecule has 7 heteroatoms. The second-order valence-electron chi connectivity index (χ2n) is 6.55. The number of hydrogen-bond acceptors (Lipinski definition) is 4. The van der Waals surface area contributed by atoms with Crippen LogP contribution in [0.4, 0.5) is 0 Å². The van der Waals surface area contributed by atoms with Gasteiger partial charge in [0, 0.05) is 0 Å². The first-order valence-electron chi connectivity index (χ1n) is 8.25. The van der Waals surface area contributed by atoms with Crippen molar-refractivity contribution < 1.29 is 0 Å². The number of aryl methyl sites for hydroxylation is 1. The SMILES string of the molecule is Cc1ccc([C@@H](C2CC2)n2nc(CC#N)c3c(=O)[nH]c(=O)[nH]c32)cc1. The van der Waals surface area contributed by atoms with Crippen LogP contribution >= 0.6 is 0 Å². The van der Waals surface area contributed by atoms with Gasteiger partial charge in [-0.15, -0.1) is 0 Å². The summed E-state index contributed by atoms with van der Waals surface area (Å²) >= 11 is 0. The first kappa shape index (κ1) is 15.4. The topological polar surface area (TPSA) is 107 Å². The van der Waals surface area contributed by atoms with E-state index < -0.39 is 11.2 Å². The van der Waals surface area contributed by atoms with Crippen molar-refractivity contribution in [3.63, 3.8) is 0 Å². The summed E-state index contributed by atoms with van der Waals surface area (Å²) in [5.41, 5.74) is 1.96. The Morgan fingerprint density at radius 2 is 2.00 bits per heavy atom. The molecule has 2 heterocycles. The summed E-state index contributed by atoms with van der Waals surface area (Å²) in [6, 6.07) is 10.2. The molecular weight excluding hydrogens is 318 g/mol. The molecule has 0 radical (unpaired) electrons. The first-order valence-corrected chi connectivity index (χ1v) is 8.25. The lowest BCUT2D eigenvalue weighted by Crippen LogP contribution is -2.24. The highest BCUT2D eigenvalue weighted by atomic mass is 16.2. The van der Waals surface area contributed by atoms with Crippen LogP contribution in [0.25, 0.3) is 11.0 Å². The molecule has 0 saturated heterocycles. The van der Waals surface area contributed by atoms with E-state index in [1.54, 1.807) is 4.68 Å². The van der Waals surface area contributed by atoms with E-state index in [-0.39, 0.29) is 12.5 Å². The fourth-order valence-electron chi connectivity index (χ4n) is 3.33. The van der Waals surface area contributed by atoms with Gasteiger partial charge < -0.3 is 0 Å². The van der Waals surface area contributed by atoms with Crippen LogP contribution in [0.5, 0.6) is 0 Å². The highest BCUT2D eigenvalue weighted by Gasteiger charge is 2.36. The van der Waals surface area contributed by atoms with Gasteiger partial charge in [0.1, 0.15) is 11.0 Å². The lowest BCUT2D eigenvalue weighted by molar-refractivity contribution is 0.478. The third kappa shape index (κ3) is 2.66. The quantitative estimate of drug-likeness (QED) is 0.758. The second kappa shape index (κ2) is 5.74. The zero-order valence-corrected chi connectivity index (χ0v) is 13.7. The molecule has 4 rings (SSSR count). The predicted octanol–water partition coefficient (Wildman–Crippen LogP) is 1.79. The van der Waals surface area contributed by atoms with Crippen LogP contribution in [0.3, 0.4) is 0 Å². The van der Waals surface area contributed by atoms with Gasteiger partial charge in [0.25, 0.3) is 5.56 Å². The molecular formula is C18H17N5O2. The summed E-state index contributed by atoms with van der Waals surface area (Å²) in [6.07, 6.45) is 2.16. The Morgan fingerprint density at radius 3 is 2.64 bits per heavy atom. The first-order chi connectivity index (χ1) is 12.1. The van der Waals surface area contributed by atoms with Crippen molar-refractivity contribution in [2.75, 3.05) is 0 Å². The van der Waals surface area contributed by atoms with Crippen molar-refractivity contribution in [2.24, 2.45) is 5.92 Å². The van der Waals surface area contributed by atoms with Crippen molar-refractivity contribution in [1.29, 1.82) is 5.26 Å². The summed E-state index contributed by atoms with van der Waals surface area (Å²) in [5.74, 6) is 0.406. The molecule has 3 aromatic rings. The zero-order chi connectivity index (χ0) is 17.6. The third-order valence-corrected chi connectivity index (χ3v) is 4.67. The molecule has 0 aliphatic heterocycles. The molecule has 1 aromatic carbocycles. The molecule has 7 nitrogen and oxygen atoms in total. The molecule has 1 aliphatic rings. The number of hydrogen-bond donors (Lipinski definition) is 2. The van der Waals surface area contributed by atoms with Gasteiger partial charge in [-0.25, -0.2) is 9.48 Å². The highest BCUT2D eigenvalue weighted by Crippen LogP contribution is 2.44. The van der Waals surface area contributed by atoms with Gasteiger partial charge in [0.05, 0.1) is 24.2 Å². The lowest BCUT2D eigenvalue weighted by atomic mass is 10.0. The number of H-pyrrole nitrogens is 2. The molecule has 0 amide bonds. The zero-order valence-electron chi connectivity index (χ0n) is 13.7. The minimum atomic E-state index is -0.569. The number of benzene rings is 1. The van der Waals surface area contributed by atoms with E-state index in [0.29, 0.717) is 22.6 Å². The standard InChI is InChI=1S/C18H17N5O2/c1-10-2-4-11(5-3-10)15(12-6-7-12)23-16-14(13(22-23)8-9-19)17(24)21-18(25)20-16/h2-5,12,15H,6-8H2,1H3,(H2,20,21,24,25)/t15-/m0/s1. The second-order valence-corrected chi connectivity index (χ2v) is 6.55. The lowest BCUT2D eigenvalue weighted by Gasteiger charge is -2.18. The Balaban J connectivity index is 1.98. The van der Waals surface area contributed by atoms with Gasteiger partial charge in [-0.3, -0.25) is 14.8 Å². The summed E-state index contributed by atoms with van der Waals surface area (Å²) in [4.78, 5) is 29.0. The number of nitrogens with one attached hydrogen (secondary N) is 2. The van der Waals surface area contributed by atoms with Crippen LogP contribution in [0.15, 0.2) is 33.9 Å². The number of aromatic amines is 2. The maximum Gasteiger partial charge on any atom is 0.327 e. The third-order valence-electron chi connectivity index (χ3n) is 4.67. The van der Waals surface area contributed by atoms with E-state index in [1.165, 1.54) is 5.56 Å². The Bertz CT molecular complexity index is 1090. The number of nitriles is 1. The fourth-order valence-corrected chi connectivity index (χ4v) is 3.33. The van der Waals surface area contributed by atoms with E-state index in [1.807, 2.05) is 25.1 Å². The minimum absolute atomic E-state index is 0.0178. The van der Waals surface area contributed by atoms with Crippen LogP contribution in [-0.2, 0) is 6.42 Å². The average molecular weight is 335 g/mol. The Labute approximate surface area is 142 Å². The average Bonchev–Trinajstić information content (AvgIpc) is 3.34. The van der Waals surface area contributed by atoms with Gasteiger partial charge in [-0.05, 0) is 31.2 Å². The van der Waals surface area contributed by atoms with Crippen molar-refractivity contribution >= 4 is 11.0 Å². The van der Waals surface area contributed by atoms with Gasteiger partial charge in [-0.2, -0.15) is 10.4 Å². The minimum Gasteiger partial charge on any atom is -0.291 e. The van der Waals surface area contributed by atoms with Crippen LogP contribution in [0.2, 0.25) is 0 Å². The Hall–Kier alpha value is -3.14. The van der Waals surface area contributed by atoms with E-state index in [9.17, 15) is 9.59 Å². The summed E-state index contributed by atoms with van der Waals surface area (Å²) in [7, 11) is 0. The van der Waals surface area contributed by atoms with Crippen molar-refractivity contribution in [2.45, 2.75) is 32.2 Å². The molecule has 126 valence electrons. The van der Waals surface area contributed by atoms with Gasteiger partial charge >= 0.3 is 5.69 Å². The molecule has 1 aliphatic carbocycles. The van der Waals surface area contributed by atoms with Crippen molar-refractivity contribution in [3.05, 3.63) is 61.9 Å². The Kier molecular flexibility index (Phi) is 3.53. The molecule has 1 atom stereocenters. The van der Waals surface area contributed by atoms with Crippen molar-refractivity contribution in [1.82, 2.24) is 19.7 Å². The fraction of sp³-hybridized carbons (Fsp3) is 0.333.